The van der Waals surface area contributed by atoms with Crippen LogP contribution in [-0.4, -0.2) is 64.0 Å². The van der Waals surface area contributed by atoms with Gasteiger partial charge in [0.2, 0.25) is 0 Å². The summed E-state index contributed by atoms with van der Waals surface area (Å²) in [5, 5.41) is 12.9. The molecule has 1 unspecified atom stereocenters. The fourth-order valence-corrected chi connectivity index (χ4v) is 4.70. The molecule has 3 aromatic heterocycles. The van der Waals surface area contributed by atoms with E-state index in [-0.39, 0.29) is 10.8 Å². The molecule has 0 radical (unpaired) electrons. The van der Waals surface area contributed by atoms with Gasteiger partial charge in [-0.15, -0.1) is 0 Å². The highest BCUT2D eigenvalue weighted by molar-refractivity contribution is 6.32. The van der Waals surface area contributed by atoms with Crippen LogP contribution in [0.4, 0.5) is 21.6 Å². The van der Waals surface area contributed by atoms with Gasteiger partial charge in [-0.3, -0.25) is 9.78 Å². The van der Waals surface area contributed by atoms with Gasteiger partial charge >= 0.3 is 0 Å². The van der Waals surface area contributed by atoms with E-state index in [4.69, 9.17) is 11.6 Å². The van der Waals surface area contributed by atoms with Crippen molar-refractivity contribution in [2.45, 2.75) is 19.4 Å². The van der Waals surface area contributed by atoms with E-state index < -0.39 is 11.6 Å². The van der Waals surface area contributed by atoms with Gasteiger partial charge in [0.25, 0.3) is 0 Å². The van der Waals surface area contributed by atoms with Crippen LogP contribution in [0.2, 0.25) is 5.02 Å². The zero-order valence-electron chi connectivity index (χ0n) is 20.7. The van der Waals surface area contributed by atoms with E-state index >= 15 is 0 Å². The van der Waals surface area contributed by atoms with Crippen molar-refractivity contribution in [2.75, 3.05) is 37.4 Å². The number of phenols is 1. The van der Waals surface area contributed by atoms with Gasteiger partial charge in [0.05, 0.1) is 39.4 Å². The van der Waals surface area contributed by atoms with Crippen LogP contribution >= 0.6 is 11.6 Å². The standard InChI is InChI=1S/C27H26ClFN6O2/c1-15(36)19-13-30-23-6-5-22(16-10-20(28)27(37)21(29)11-16)33-26(23)25(19)32-17-4-7-24(31-12-17)35-9-8-18(14-35)34(2)3/h4-7,10-13,18,37H,8-9,14H2,1-3H3,(H,30,32). The van der Waals surface area contributed by atoms with Gasteiger partial charge in [-0.05, 0) is 63.8 Å². The topological polar surface area (TPSA) is 94.5 Å². The Hall–Kier alpha value is -3.82. The van der Waals surface area contributed by atoms with Crippen molar-refractivity contribution in [2.24, 2.45) is 0 Å². The van der Waals surface area contributed by atoms with E-state index in [0.717, 1.165) is 31.4 Å². The van der Waals surface area contributed by atoms with Crippen LogP contribution in [0, 0.1) is 5.82 Å². The number of nitrogens with one attached hydrogen (secondary N) is 1. The molecule has 1 aliphatic rings. The molecule has 0 bridgehead atoms. The van der Waals surface area contributed by atoms with Crippen LogP contribution in [0.15, 0.2) is 48.8 Å². The summed E-state index contributed by atoms with van der Waals surface area (Å²) in [5.74, 6) is -0.747. The van der Waals surface area contributed by atoms with Crippen LogP contribution in [0.5, 0.6) is 5.75 Å². The lowest BCUT2D eigenvalue weighted by molar-refractivity contribution is 0.101. The number of benzene rings is 1. The molecular weight excluding hydrogens is 495 g/mol. The number of fused-ring (bicyclic) bond motifs is 1. The van der Waals surface area contributed by atoms with Gasteiger partial charge in [-0.1, -0.05) is 11.6 Å². The molecule has 0 spiro atoms. The number of aromatic nitrogens is 3. The van der Waals surface area contributed by atoms with Crippen LogP contribution in [0.25, 0.3) is 22.3 Å². The molecule has 0 aliphatic carbocycles. The molecule has 1 aliphatic heterocycles. The summed E-state index contributed by atoms with van der Waals surface area (Å²) in [6, 6.07) is 10.4. The molecule has 0 saturated carbocycles. The Labute approximate surface area is 218 Å². The highest BCUT2D eigenvalue weighted by Gasteiger charge is 2.25. The van der Waals surface area contributed by atoms with Crippen LogP contribution in [0.1, 0.15) is 23.7 Å². The van der Waals surface area contributed by atoms with Crippen molar-refractivity contribution in [3.8, 4) is 17.0 Å². The number of carbonyl (C=O) groups excluding carboxylic acids is 1. The second-order valence-corrected chi connectivity index (χ2v) is 9.75. The summed E-state index contributed by atoms with van der Waals surface area (Å²) >= 11 is 5.98. The lowest BCUT2D eigenvalue weighted by atomic mass is 10.1. The fraction of sp³-hybridized carbons (Fsp3) is 0.259. The molecule has 4 aromatic rings. The van der Waals surface area contributed by atoms with Crippen molar-refractivity contribution in [1.29, 1.82) is 0 Å². The zero-order chi connectivity index (χ0) is 26.3. The third-order valence-corrected chi connectivity index (χ3v) is 6.93. The number of carbonyl (C=O) groups is 1. The van der Waals surface area contributed by atoms with Crippen LogP contribution in [0.3, 0.4) is 0 Å². The number of nitrogens with zero attached hydrogens (tertiary/aromatic N) is 5. The highest BCUT2D eigenvalue weighted by atomic mass is 35.5. The number of Topliss-reactive ketones (excluding diaryl/α,β-unsaturated/α-hetero) is 1. The monoisotopic (exact) mass is 520 g/mol. The van der Waals surface area contributed by atoms with E-state index in [1.54, 1.807) is 18.3 Å². The summed E-state index contributed by atoms with van der Waals surface area (Å²) in [6.45, 7) is 3.33. The second kappa shape index (κ2) is 9.91. The van der Waals surface area contributed by atoms with E-state index in [1.807, 2.05) is 12.1 Å². The number of hydrogen-bond acceptors (Lipinski definition) is 8. The third kappa shape index (κ3) is 4.92. The number of rotatable bonds is 6. The Morgan fingerprint density at radius 1 is 1.19 bits per heavy atom. The maximum Gasteiger partial charge on any atom is 0.170 e. The molecule has 8 nitrogen and oxygen atoms in total. The van der Waals surface area contributed by atoms with Crippen molar-refractivity contribution in [1.82, 2.24) is 19.9 Å². The van der Waals surface area contributed by atoms with Crippen molar-refractivity contribution < 1.29 is 14.3 Å². The van der Waals surface area contributed by atoms with Crippen LogP contribution < -0.4 is 10.2 Å². The molecule has 2 N–H and O–H groups in total. The molecule has 0 amide bonds. The molecule has 1 atom stereocenters. The predicted octanol–water partition coefficient (Wildman–Crippen LogP) is 5.28. The first-order valence-corrected chi connectivity index (χ1v) is 12.2. The highest BCUT2D eigenvalue weighted by Crippen LogP contribution is 2.34. The number of aromatic hydroxyl groups is 1. The third-order valence-electron chi connectivity index (χ3n) is 6.64. The first-order valence-electron chi connectivity index (χ1n) is 11.8. The van der Waals surface area contributed by atoms with Crippen LogP contribution in [-0.2, 0) is 0 Å². The van der Waals surface area contributed by atoms with Gasteiger partial charge in [-0.25, -0.2) is 14.4 Å². The SMILES string of the molecule is CC(=O)c1cnc2ccc(-c3cc(F)c(O)c(Cl)c3)nc2c1Nc1ccc(N2CCC(N(C)C)C2)nc1. The molecule has 4 heterocycles. The molecule has 5 rings (SSSR count). The number of likely N-dealkylation sites (N-methyl/N-ethyl adjacent to an activating group) is 1. The Balaban J connectivity index is 1.51. The molecule has 1 aromatic carbocycles. The number of halogens is 2. The Bertz CT molecular complexity index is 1470. The van der Waals surface area contributed by atoms with Gasteiger partial charge < -0.3 is 20.2 Å². The molecule has 1 saturated heterocycles. The number of anilines is 3. The number of hydrogen-bond donors (Lipinski definition) is 2. The maximum atomic E-state index is 14.1. The Kier molecular flexibility index (Phi) is 6.66. The average Bonchev–Trinajstić information content (AvgIpc) is 3.38. The second-order valence-electron chi connectivity index (χ2n) is 9.34. The average molecular weight is 521 g/mol. The van der Waals surface area contributed by atoms with E-state index in [1.165, 1.54) is 19.2 Å². The molecule has 37 heavy (non-hydrogen) atoms. The minimum absolute atomic E-state index is 0.119. The lowest BCUT2D eigenvalue weighted by Gasteiger charge is -2.21. The van der Waals surface area contributed by atoms with Crippen molar-refractivity contribution >= 4 is 45.6 Å². The number of ketones is 1. The van der Waals surface area contributed by atoms with E-state index in [2.05, 4.69) is 44.2 Å². The summed E-state index contributed by atoms with van der Waals surface area (Å²) in [5.41, 5.74) is 3.32. The summed E-state index contributed by atoms with van der Waals surface area (Å²) in [6.07, 6.45) is 4.33. The first kappa shape index (κ1) is 24.9. The van der Waals surface area contributed by atoms with E-state index in [9.17, 15) is 14.3 Å². The van der Waals surface area contributed by atoms with Crippen molar-refractivity contribution in [3.63, 3.8) is 0 Å². The fourth-order valence-electron chi connectivity index (χ4n) is 4.50. The first-order chi connectivity index (χ1) is 17.7. The largest absolute Gasteiger partial charge is 0.504 e. The number of pyridine rings is 3. The molecular formula is C27H26ClFN6O2. The minimum atomic E-state index is -0.848. The Morgan fingerprint density at radius 3 is 2.65 bits per heavy atom. The summed E-state index contributed by atoms with van der Waals surface area (Å²) in [4.78, 5) is 30.7. The van der Waals surface area contributed by atoms with E-state index in [0.29, 0.717) is 45.3 Å². The van der Waals surface area contributed by atoms with Gasteiger partial charge in [0, 0.05) is 30.9 Å². The van der Waals surface area contributed by atoms with Gasteiger partial charge in [-0.2, -0.15) is 0 Å². The normalized spacial score (nSPS) is 15.5. The molecule has 1 fully saturated rings. The lowest BCUT2D eigenvalue weighted by Crippen LogP contribution is -2.31. The maximum absolute atomic E-state index is 14.1. The molecule has 190 valence electrons. The summed E-state index contributed by atoms with van der Waals surface area (Å²) < 4.78 is 14.1. The smallest absolute Gasteiger partial charge is 0.170 e. The molecule has 10 heteroatoms. The minimum Gasteiger partial charge on any atom is -0.504 e. The zero-order valence-corrected chi connectivity index (χ0v) is 21.4. The number of phenolic OH excluding ortho intramolecular Hbond substituents is 1. The van der Waals surface area contributed by atoms with Gasteiger partial charge in [0.1, 0.15) is 11.3 Å². The quantitative estimate of drug-likeness (QED) is 0.332. The van der Waals surface area contributed by atoms with Crippen molar-refractivity contribution in [3.05, 3.63) is 65.2 Å². The predicted molar refractivity (Wildman–Crippen MR) is 143 cm³/mol. The summed E-state index contributed by atoms with van der Waals surface area (Å²) in [7, 11) is 4.18. The van der Waals surface area contributed by atoms with Gasteiger partial charge in [0.15, 0.2) is 17.3 Å². The Morgan fingerprint density at radius 2 is 2.00 bits per heavy atom.